The highest BCUT2D eigenvalue weighted by Crippen LogP contribution is 2.58. The van der Waals surface area contributed by atoms with E-state index in [1.165, 1.54) is 0 Å². The van der Waals surface area contributed by atoms with Crippen molar-refractivity contribution in [3.8, 4) is 0 Å². The van der Waals surface area contributed by atoms with Gasteiger partial charge >= 0.3 is 12.4 Å². The van der Waals surface area contributed by atoms with Gasteiger partial charge in [0, 0.05) is 0 Å². The fourth-order valence-electron chi connectivity index (χ4n) is 0.907. The quantitative estimate of drug-likeness (QED) is 0.370. The smallest absolute Gasteiger partial charge is 0.341 e. The van der Waals surface area contributed by atoms with E-state index >= 15 is 0 Å². The van der Waals surface area contributed by atoms with Gasteiger partial charge in [0.25, 0.3) is 5.60 Å². The summed E-state index contributed by atoms with van der Waals surface area (Å²) in [6.45, 7) is 0. The highest BCUT2D eigenvalue weighted by atomic mass is 19.4. The second-order valence-corrected chi connectivity index (χ2v) is 2.41. The molecule has 1 rings (SSSR count). The van der Waals surface area contributed by atoms with Crippen molar-refractivity contribution in [2.75, 3.05) is 0 Å². The Morgan fingerprint density at radius 2 is 1.46 bits per heavy atom. The predicted octanol–water partition coefficient (Wildman–Crippen LogP) is 1.45. The first-order chi connectivity index (χ1) is 5.67. The van der Waals surface area contributed by atoms with E-state index in [0.29, 0.717) is 0 Å². The van der Waals surface area contributed by atoms with Gasteiger partial charge in [-0.1, -0.05) is 0 Å². The molecule has 1 atom stereocenters. The normalized spacial score (nSPS) is 27.1. The largest absolute Gasteiger partial charge is 0.429 e. The third-order valence-corrected chi connectivity index (χ3v) is 1.62. The van der Waals surface area contributed by atoms with Crippen molar-refractivity contribution in [3.05, 3.63) is 0 Å². The Labute approximate surface area is 67.5 Å². The molecule has 2 nitrogen and oxygen atoms in total. The fraction of sp³-hybridized carbons (Fsp3) is 0.800. The molecule has 0 aromatic heterocycles. The Hall–Kier alpha value is -0.790. The van der Waals surface area contributed by atoms with Gasteiger partial charge in [0.15, 0.2) is 12.4 Å². The van der Waals surface area contributed by atoms with Crippen LogP contribution < -0.4 is 0 Å². The average Bonchev–Trinajstić information content (AvgIpc) is 2.57. The number of alkyl halides is 6. The van der Waals surface area contributed by atoms with Gasteiger partial charge in [0.1, 0.15) is 0 Å². The number of epoxide rings is 1. The SMILES string of the molecule is O=CC1OC1(C(F)(F)F)C(F)(F)F. The van der Waals surface area contributed by atoms with E-state index in [2.05, 4.69) is 4.74 Å². The van der Waals surface area contributed by atoms with Crippen LogP contribution in [-0.4, -0.2) is 30.3 Å². The molecule has 1 heterocycles. The number of carbonyl (C=O) groups is 1. The van der Waals surface area contributed by atoms with Crippen molar-refractivity contribution in [1.82, 2.24) is 0 Å². The first-order valence-corrected chi connectivity index (χ1v) is 2.93. The molecule has 0 spiro atoms. The number of rotatable bonds is 1. The molecule has 1 unspecified atom stereocenters. The van der Waals surface area contributed by atoms with Crippen LogP contribution in [0.3, 0.4) is 0 Å². The lowest BCUT2D eigenvalue weighted by atomic mass is 10.1. The van der Waals surface area contributed by atoms with Gasteiger partial charge in [0.05, 0.1) is 0 Å². The average molecular weight is 208 g/mol. The van der Waals surface area contributed by atoms with Crippen LogP contribution in [0.15, 0.2) is 0 Å². The zero-order chi connectivity index (χ0) is 10.5. The molecule has 76 valence electrons. The molecule has 0 aromatic carbocycles. The summed E-state index contributed by atoms with van der Waals surface area (Å²) in [5, 5.41) is 0. The van der Waals surface area contributed by atoms with Crippen LogP contribution >= 0.6 is 0 Å². The standard InChI is InChI=1S/C5H2F6O2/c6-4(7,8)3(5(9,10)11)2(1-12)13-3/h1-2H. The summed E-state index contributed by atoms with van der Waals surface area (Å²) < 4.78 is 74.3. The molecule has 8 heteroatoms. The highest BCUT2D eigenvalue weighted by Gasteiger charge is 2.86. The third-order valence-electron chi connectivity index (χ3n) is 1.62. The molecule has 13 heavy (non-hydrogen) atoms. The second-order valence-electron chi connectivity index (χ2n) is 2.41. The van der Waals surface area contributed by atoms with Gasteiger partial charge in [-0.2, -0.15) is 26.3 Å². The summed E-state index contributed by atoms with van der Waals surface area (Å²) in [4.78, 5) is 9.75. The van der Waals surface area contributed by atoms with Crippen LogP contribution in [0.4, 0.5) is 26.3 Å². The van der Waals surface area contributed by atoms with Crippen molar-refractivity contribution >= 4 is 6.29 Å². The lowest BCUT2D eigenvalue weighted by molar-refractivity contribution is -0.292. The van der Waals surface area contributed by atoms with E-state index in [-0.39, 0.29) is 0 Å². The highest BCUT2D eigenvalue weighted by molar-refractivity contribution is 5.64. The second kappa shape index (κ2) is 2.37. The maximum absolute atomic E-state index is 11.8. The van der Waals surface area contributed by atoms with Gasteiger partial charge in [-0.3, -0.25) is 0 Å². The Bertz CT molecular complexity index is 214. The minimum absolute atomic E-state index is 0.513. The minimum atomic E-state index is -5.61. The Morgan fingerprint density at radius 1 is 1.08 bits per heavy atom. The molecule has 0 radical (unpaired) electrons. The number of ether oxygens (including phenoxy) is 1. The van der Waals surface area contributed by atoms with Gasteiger partial charge in [-0.25, -0.2) is 0 Å². The van der Waals surface area contributed by atoms with Crippen molar-refractivity contribution in [2.24, 2.45) is 0 Å². The first kappa shape index (κ1) is 10.3. The lowest BCUT2D eigenvalue weighted by Crippen LogP contribution is -2.48. The van der Waals surface area contributed by atoms with Crippen molar-refractivity contribution < 1.29 is 35.9 Å². The van der Waals surface area contributed by atoms with Crippen LogP contribution in [0.25, 0.3) is 0 Å². The van der Waals surface area contributed by atoms with Gasteiger partial charge in [0.2, 0.25) is 0 Å². The van der Waals surface area contributed by atoms with E-state index in [4.69, 9.17) is 0 Å². The summed E-state index contributed by atoms with van der Waals surface area (Å²) in [6.07, 6.45) is -14.2. The molecule has 0 aromatic rings. The van der Waals surface area contributed by atoms with Crippen molar-refractivity contribution in [2.45, 2.75) is 24.1 Å². The van der Waals surface area contributed by atoms with Crippen LogP contribution in [0, 0.1) is 0 Å². The maximum atomic E-state index is 11.8. The predicted molar refractivity (Wildman–Crippen MR) is 25.8 cm³/mol. The summed E-state index contributed by atoms with van der Waals surface area (Å²) >= 11 is 0. The molecule has 0 bridgehead atoms. The number of halogens is 6. The Balaban J connectivity index is 3.01. The first-order valence-electron chi connectivity index (χ1n) is 2.93. The number of hydrogen-bond donors (Lipinski definition) is 0. The van der Waals surface area contributed by atoms with E-state index in [9.17, 15) is 31.1 Å². The summed E-state index contributed by atoms with van der Waals surface area (Å²) in [6, 6.07) is 0. The van der Waals surface area contributed by atoms with Crippen LogP contribution in [-0.2, 0) is 9.53 Å². The minimum Gasteiger partial charge on any atom is -0.341 e. The monoisotopic (exact) mass is 208 g/mol. The van der Waals surface area contributed by atoms with E-state index in [1.807, 2.05) is 0 Å². The zero-order valence-corrected chi connectivity index (χ0v) is 5.74. The van der Waals surface area contributed by atoms with Gasteiger partial charge in [-0.05, 0) is 0 Å². The molecule has 0 saturated carbocycles. The van der Waals surface area contributed by atoms with Crippen LogP contribution in [0.5, 0.6) is 0 Å². The van der Waals surface area contributed by atoms with Gasteiger partial charge < -0.3 is 9.53 Å². The summed E-state index contributed by atoms with van der Waals surface area (Å²) in [5.74, 6) is 0. The topological polar surface area (TPSA) is 29.6 Å². The number of hydrogen-bond acceptors (Lipinski definition) is 2. The molecular formula is C5H2F6O2. The van der Waals surface area contributed by atoms with Gasteiger partial charge in [-0.15, -0.1) is 0 Å². The molecule has 1 saturated heterocycles. The zero-order valence-electron chi connectivity index (χ0n) is 5.74. The number of carbonyl (C=O) groups excluding carboxylic acids is 1. The molecular weight excluding hydrogens is 206 g/mol. The Morgan fingerprint density at radius 3 is 1.54 bits per heavy atom. The molecule has 1 aliphatic rings. The third kappa shape index (κ3) is 1.19. The molecule has 0 aliphatic carbocycles. The van der Waals surface area contributed by atoms with Crippen molar-refractivity contribution in [3.63, 3.8) is 0 Å². The van der Waals surface area contributed by atoms with Crippen LogP contribution in [0.2, 0.25) is 0 Å². The molecule has 1 aliphatic heterocycles. The van der Waals surface area contributed by atoms with Crippen molar-refractivity contribution in [1.29, 1.82) is 0 Å². The van der Waals surface area contributed by atoms with E-state index < -0.39 is 30.3 Å². The molecule has 0 amide bonds. The lowest BCUT2D eigenvalue weighted by Gasteiger charge is -2.18. The molecule has 0 N–H and O–H groups in total. The van der Waals surface area contributed by atoms with Crippen LogP contribution in [0.1, 0.15) is 0 Å². The summed E-state index contributed by atoms with van der Waals surface area (Å²) in [7, 11) is 0. The Kier molecular flexibility index (Phi) is 1.88. The fourth-order valence-corrected chi connectivity index (χ4v) is 0.907. The van der Waals surface area contributed by atoms with E-state index in [0.717, 1.165) is 0 Å². The number of aldehydes is 1. The van der Waals surface area contributed by atoms with E-state index in [1.54, 1.807) is 0 Å². The maximum Gasteiger partial charge on any atom is 0.429 e. The molecule has 1 fully saturated rings. The summed E-state index contributed by atoms with van der Waals surface area (Å²) in [5.41, 5.74) is -4.28.